The maximum absolute atomic E-state index is 13.0. The number of carbonyl (C=O) groups is 1. The maximum atomic E-state index is 13.0. The van der Waals surface area contributed by atoms with E-state index in [0.29, 0.717) is 6.42 Å². The van der Waals surface area contributed by atoms with Crippen molar-refractivity contribution < 1.29 is 4.79 Å². The van der Waals surface area contributed by atoms with Crippen LogP contribution in [0.5, 0.6) is 0 Å². The highest BCUT2D eigenvalue weighted by Crippen LogP contribution is 2.47. The molecule has 0 fully saturated rings. The molecule has 28 heavy (non-hydrogen) atoms. The Morgan fingerprint density at radius 1 is 1.04 bits per heavy atom. The summed E-state index contributed by atoms with van der Waals surface area (Å²) in [5.41, 5.74) is 7.56. The molecule has 1 aliphatic heterocycles. The highest BCUT2D eigenvalue weighted by molar-refractivity contribution is 6.03. The zero-order chi connectivity index (χ0) is 19.3. The number of carbonyl (C=O) groups excluding carboxylic acids is 1. The van der Waals surface area contributed by atoms with Crippen LogP contribution in [-0.4, -0.2) is 24.9 Å². The Kier molecular flexibility index (Phi) is 3.93. The van der Waals surface area contributed by atoms with Crippen LogP contribution in [0.1, 0.15) is 36.3 Å². The molecule has 1 aromatic heterocycles. The highest BCUT2D eigenvalue weighted by atomic mass is 16.1. The molecule has 140 valence electrons. The number of aromatic nitrogens is 1. The van der Waals surface area contributed by atoms with Gasteiger partial charge in [0.05, 0.1) is 5.52 Å². The molecule has 3 aromatic rings. The first-order chi connectivity index (χ1) is 13.6. The Morgan fingerprint density at radius 2 is 1.86 bits per heavy atom. The van der Waals surface area contributed by atoms with Crippen molar-refractivity contribution in [2.75, 3.05) is 24.3 Å². The Morgan fingerprint density at radius 3 is 2.64 bits per heavy atom. The van der Waals surface area contributed by atoms with Gasteiger partial charge in [-0.25, -0.2) is 0 Å². The summed E-state index contributed by atoms with van der Waals surface area (Å²) in [7, 11) is 4.08. The van der Waals surface area contributed by atoms with Gasteiger partial charge in [0.25, 0.3) is 0 Å². The van der Waals surface area contributed by atoms with E-state index in [9.17, 15) is 4.79 Å². The molecule has 2 aliphatic rings. The number of allylic oxidation sites excluding steroid dienone is 2. The lowest BCUT2D eigenvalue weighted by Crippen LogP contribution is -2.27. The fourth-order valence-corrected chi connectivity index (χ4v) is 4.53. The van der Waals surface area contributed by atoms with Crippen LogP contribution in [0.4, 0.5) is 11.4 Å². The third kappa shape index (κ3) is 2.60. The monoisotopic (exact) mass is 369 g/mol. The van der Waals surface area contributed by atoms with Gasteiger partial charge >= 0.3 is 0 Å². The summed E-state index contributed by atoms with van der Waals surface area (Å²) >= 11 is 0. The zero-order valence-corrected chi connectivity index (χ0v) is 16.2. The summed E-state index contributed by atoms with van der Waals surface area (Å²) in [6, 6.07) is 16.8. The lowest BCUT2D eigenvalue weighted by atomic mass is 9.74. The smallest absolute Gasteiger partial charge is 0.161 e. The summed E-state index contributed by atoms with van der Waals surface area (Å²) in [6.07, 6.45) is 4.30. The number of hydrogen-bond donors (Lipinski definition) is 1. The number of nitrogens with zero attached hydrogens (tertiary/aromatic N) is 2. The van der Waals surface area contributed by atoms with E-state index >= 15 is 0 Å². The molecule has 1 N–H and O–H groups in total. The number of fused-ring (bicyclic) bond motifs is 3. The fraction of sp³-hybridized carbons (Fsp3) is 0.250. The molecule has 4 heteroatoms. The first-order valence-electron chi connectivity index (χ1n) is 9.81. The molecule has 4 nitrogen and oxygen atoms in total. The van der Waals surface area contributed by atoms with Crippen LogP contribution in [-0.2, 0) is 4.79 Å². The quantitative estimate of drug-likeness (QED) is 0.700. The third-order valence-electron chi connectivity index (χ3n) is 5.89. The predicted octanol–water partition coefficient (Wildman–Crippen LogP) is 4.87. The molecule has 2 heterocycles. The summed E-state index contributed by atoms with van der Waals surface area (Å²) in [5.74, 6) is 0.213. The molecule has 0 spiro atoms. The number of nitrogens with one attached hydrogen (secondary N) is 1. The van der Waals surface area contributed by atoms with E-state index in [2.05, 4.69) is 57.7 Å². The second-order valence-electron chi connectivity index (χ2n) is 7.81. The van der Waals surface area contributed by atoms with Gasteiger partial charge in [0.2, 0.25) is 0 Å². The van der Waals surface area contributed by atoms with Gasteiger partial charge in [-0.15, -0.1) is 0 Å². The van der Waals surface area contributed by atoms with Crippen molar-refractivity contribution in [3.63, 3.8) is 0 Å². The van der Waals surface area contributed by atoms with Crippen LogP contribution in [0.25, 0.3) is 10.9 Å². The molecular formula is C24H23N3O. The van der Waals surface area contributed by atoms with E-state index in [-0.39, 0.29) is 11.7 Å². The van der Waals surface area contributed by atoms with E-state index in [1.807, 2.05) is 26.4 Å². The zero-order valence-electron chi connectivity index (χ0n) is 16.2. The van der Waals surface area contributed by atoms with E-state index in [0.717, 1.165) is 57.5 Å². The van der Waals surface area contributed by atoms with E-state index in [1.165, 1.54) is 0 Å². The Balaban J connectivity index is 1.77. The molecular weight excluding hydrogens is 346 g/mol. The van der Waals surface area contributed by atoms with E-state index in [4.69, 9.17) is 0 Å². The SMILES string of the molecule is CN(C)c1ccc([C@H]2C3=C(CCCC3=O)Nc3ccc4ncccc4c32)cc1. The lowest BCUT2D eigenvalue weighted by molar-refractivity contribution is -0.116. The summed E-state index contributed by atoms with van der Waals surface area (Å²) < 4.78 is 0. The second kappa shape index (κ2) is 6.48. The van der Waals surface area contributed by atoms with Crippen molar-refractivity contribution >= 4 is 28.1 Å². The van der Waals surface area contributed by atoms with Crippen LogP contribution < -0.4 is 10.2 Å². The van der Waals surface area contributed by atoms with Gasteiger partial charge in [-0.05, 0) is 54.3 Å². The predicted molar refractivity (Wildman–Crippen MR) is 114 cm³/mol. The average Bonchev–Trinajstić information content (AvgIpc) is 2.72. The van der Waals surface area contributed by atoms with Gasteiger partial charge in [0, 0.05) is 60.7 Å². The largest absolute Gasteiger partial charge is 0.378 e. The van der Waals surface area contributed by atoms with Crippen LogP contribution >= 0.6 is 0 Å². The first-order valence-corrected chi connectivity index (χ1v) is 9.81. The number of benzene rings is 2. The van der Waals surface area contributed by atoms with Gasteiger partial charge in [-0.3, -0.25) is 9.78 Å². The van der Waals surface area contributed by atoms with Crippen molar-refractivity contribution in [2.24, 2.45) is 0 Å². The van der Waals surface area contributed by atoms with Gasteiger partial charge in [0.15, 0.2) is 5.78 Å². The standard InChI is InChI=1S/C24H23N3O/c1-27(2)16-10-8-15(9-11-16)22-23-17-5-4-14-25-18(17)12-13-20(23)26-19-6-3-7-21(28)24(19)22/h4-5,8-14,22,26H,3,6-7H2,1-2H3/t22-/m1/s1. The molecule has 0 bridgehead atoms. The average molecular weight is 369 g/mol. The Bertz CT molecular complexity index is 1110. The third-order valence-corrected chi connectivity index (χ3v) is 5.89. The number of Topliss-reactive ketones (excluding diaryl/α,β-unsaturated/α-hetero) is 1. The topological polar surface area (TPSA) is 45.2 Å². The van der Waals surface area contributed by atoms with Crippen molar-refractivity contribution in [3.8, 4) is 0 Å². The minimum atomic E-state index is -0.0526. The first kappa shape index (κ1) is 17.0. The number of pyridine rings is 1. The van der Waals surface area contributed by atoms with Crippen LogP contribution in [0.15, 0.2) is 66.0 Å². The molecule has 0 radical (unpaired) electrons. The number of ketones is 1. The van der Waals surface area contributed by atoms with Gasteiger partial charge < -0.3 is 10.2 Å². The van der Waals surface area contributed by atoms with Crippen LogP contribution in [0.2, 0.25) is 0 Å². The van der Waals surface area contributed by atoms with E-state index < -0.39 is 0 Å². The van der Waals surface area contributed by atoms with Crippen molar-refractivity contribution in [1.82, 2.24) is 4.98 Å². The van der Waals surface area contributed by atoms with Crippen LogP contribution in [0, 0.1) is 0 Å². The summed E-state index contributed by atoms with van der Waals surface area (Å²) in [6.45, 7) is 0. The Labute approximate surface area is 164 Å². The molecule has 0 saturated heterocycles. The minimum Gasteiger partial charge on any atom is -0.378 e. The van der Waals surface area contributed by atoms with Crippen molar-refractivity contribution in [3.05, 3.63) is 77.1 Å². The molecule has 0 unspecified atom stereocenters. The molecule has 5 rings (SSSR count). The molecule has 1 atom stereocenters. The van der Waals surface area contributed by atoms with Gasteiger partial charge in [-0.1, -0.05) is 18.2 Å². The van der Waals surface area contributed by atoms with Crippen LogP contribution in [0.3, 0.4) is 0 Å². The van der Waals surface area contributed by atoms with Crippen molar-refractivity contribution in [1.29, 1.82) is 0 Å². The molecule has 1 aliphatic carbocycles. The minimum absolute atomic E-state index is 0.0526. The summed E-state index contributed by atoms with van der Waals surface area (Å²) in [4.78, 5) is 19.6. The maximum Gasteiger partial charge on any atom is 0.161 e. The van der Waals surface area contributed by atoms with E-state index in [1.54, 1.807) is 0 Å². The summed E-state index contributed by atoms with van der Waals surface area (Å²) in [5, 5.41) is 4.68. The number of anilines is 2. The number of rotatable bonds is 2. The Hall–Kier alpha value is -3.14. The fourth-order valence-electron chi connectivity index (χ4n) is 4.53. The highest BCUT2D eigenvalue weighted by Gasteiger charge is 2.36. The normalized spacial score (nSPS) is 18.5. The molecule has 0 saturated carbocycles. The van der Waals surface area contributed by atoms with Crippen molar-refractivity contribution in [2.45, 2.75) is 25.2 Å². The van der Waals surface area contributed by atoms with Gasteiger partial charge in [-0.2, -0.15) is 0 Å². The molecule has 0 amide bonds. The number of hydrogen-bond acceptors (Lipinski definition) is 4. The molecule has 2 aromatic carbocycles. The lowest BCUT2D eigenvalue weighted by Gasteiger charge is -2.35. The second-order valence-corrected chi connectivity index (χ2v) is 7.81. The van der Waals surface area contributed by atoms with Gasteiger partial charge in [0.1, 0.15) is 0 Å².